The van der Waals surface area contributed by atoms with Crippen molar-refractivity contribution >= 4 is 5.69 Å². The summed E-state index contributed by atoms with van der Waals surface area (Å²) in [5.41, 5.74) is 13.8. The number of nitrogens with zero attached hydrogens (tertiary/aromatic N) is 1. The van der Waals surface area contributed by atoms with Gasteiger partial charge in [0.1, 0.15) is 0 Å². The number of hydrogen-bond donors (Lipinski definition) is 0. The lowest BCUT2D eigenvalue weighted by Gasteiger charge is -2.30. The van der Waals surface area contributed by atoms with E-state index < -0.39 is 0 Å². The molecule has 0 N–H and O–H groups in total. The van der Waals surface area contributed by atoms with E-state index >= 15 is 0 Å². The lowest BCUT2D eigenvalue weighted by atomic mass is 10.0. The van der Waals surface area contributed by atoms with Gasteiger partial charge in [-0.2, -0.15) is 0 Å². The minimum absolute atomic E-state index is 0.853. The molecule has 0 bridgehead atoms. The van der Waals surface area contributed by atoms with Gasteiger partial charge in [0.2, 0.25) is 0 Å². The van der Waals surface area contributed by atoms with Crippen LogP contribution in [0, 0.1) is 0 Å². The molecule has 0 radical (unpaired) electrons. The number of anilines is 1. The van der Waals surface area contributed by atoms with E-state index in [1.807, 2.05) is 12.2 Å². The van der Waals surface area contributed by atoms with Crippen LogP contribution < -0.4 is 4.90 Å². The molecule has 0 amide bonds. The maximum Gasteiger partial charge on any atom is 0.0461 e. The zero-order valence-electron chi connectivity index (χ0n) is 18.5. The van der Waals surface area contributed by atoms with Gasteiger partial charge in [0.25, 0.3) is 0 Å². The summed E-state index contributed by atoms with van der Waals surface area (Å²) in [5, 5.41) is 0. The Bertz CT molecular complexity index is 992. The number of hydrogen-bond acceptors (Lipinski definition) is 1. The number of aryl methyl sites for hydroxylation is 1. The molecule has 1 aromatic rings. The van der Waals surface area contributed by atoms with Crippen molar-refractivity contribution in [3.05, 3.63) is 138 Å². The van der Waals surface area contributed by atoms with Gasteiger partial charge in [-0.3, -0.25) is 0 Å². The van der Waals surface area contributed by atoms with E-state index in [1.165, 1.54) is 35.5 Å². The zero-order chi connectivity index (χ0) is 21.9. The molecule has 1 heteroatoms. The van der Waals surface area contributed by atoms with Crippen LogP contribution in [0.1, 0.15) is 38.2 Å². The lowest BCUT2D eigenvalue weighted by Crippen LogP contribution is -2.21. The van der Waals surface area contributed by atoms with Crippen molar-refractivity contribution in [3.8, 4) is 0 Å². The van der Waals surface area contributed by atoms with E-state index in [-0.39, 0.29) is 0 Å². The fraction of sp³-hybridized carbons (Fsp3) is 0.200. The second-order valence-corrected chi connectivity index (χ2v) is 7.58. The van der Waals surface area contributed by atoms with Crippen LogP contribution in [0.3, 0.4) is 0 Å². The smallest absolute Gasteiger partial charge is 0.0461 e. The predicted octanol–water partition coefficient (Wildman–Crippen LogP) is 8.06. The Balaban J connectivity index is 1.92. The predicted molar refractivity (Wildman–Crippen MR) is 135 cm³/mol. The maximum absolute atomic E-state index is 3.73. The Kier molecular flexibility index (Phi) is 8.32. The molecule has 0 heterocycles. The fourth-order valence-corrected chi connectivity index (χ4v) is 3.59. The highest BCUT2D eigenvalue weighted by Crippen LogP contribution is 2.31. The number of unbranched alkanes of at least 4 members (excludes halogenated alkanes) is 1. The maximum atomic E-state index is 3.73. The van der Waals surface area contributed by atoms with Crippen molar-refractivity contribution < 1.29 is 0 Å². The van der Waals surface area contributed by atoms with Gasteiger partial charge < -0.3 is 4.90 Å². The first-order valence-corrected chi connectivity index (χ1v) is 11.0. The van der Waals surface area contributed by atoms with E-state index in [2.05, 4.69) is 97.2 Å². The van der Waals surface area contributed by atoms with E-state index in [0.29, 0.717) is 0 Å². The van der Waals surface area contributed by atoms with Crippen LogP contribution in [0.4, 0.5) is 5.69 Å². The quantitative estimate of drug-likeness (QED) is 0.312. The highest BCUT2D eigenvalue weighted by molar-refractivity contribution is 5.65. The average Bonchev–Trinajstić information content (AvgIpc) is 2.82. The molecule has 0 saturated carbocycles. The Morgan fingerprint density at radius 1 is 0.839 bits per heavy atom. The number of allylic oxidation sites excluding steroid dienone is 10. The Morgan fingerprint density at radius 2 is 1.39 bits per heavy atom. The summed E-state index contributed by atoms with van der Waals surface area (Å²) >= 11 is 0. The van der Waals surface area contributed by atoms with Crippen molar-refractivity contribution in [3.63, 3.8) is 0 Å². The van der Waals surface area contributed by atoms with Gasteiger partial charge in [-0.1, -0.05) is 62.9 Å². The summed E-state index contributed by atoms with van der Waals surface area (Å²) < 4.78 is 0. The van der Waals surface area contributed by atoms with Crippen LogP contribution in [0.15, 0.2) is 132 Å². The van der Waals surface area contributed by atoms with Gasteiger partial charge in [-0.25, -0.2) is 0 Å². The van der Waals surface area contributed by atoms with Crippen LogP contribution in [-0.2, 0) is 6.42 Å². The van der Waals surface area contributed by atoms with Crippen molar-refractivity contribution in [1.82, 2.24) is 0 Å². The van der Waals surface area contributed by atoms with Crippen molar-refractivity contribution in [2.24, 2.45) is 0 Å². The zero-order valence-corrected chi connectivity index (χ0v) is 18.5. The third-order valence-electron chi connectivity index (χ3n) is 5.28. The molecule has 0 unspecified atom stereocenters. The number of benzene rings is 1. The molecule has 0 aliphatic heterocycles. The van der Waals surface area contributed by atoms with Crippen molar-refractivity contribution in [2.45, 2.75) is 39.0 Å². The van der Waals surface area contributed by atoms with Gasteiger partial charge in [0.05, 0.1) is 0 Å². The summed E-state index contributed by atoms with van der Waals surface area (Å²) in [6.07, 6.45) is 25.7. The monoisotopic (exact) mass is 405 g/mol. The fourth-order valence-electron chi connectivity index (χ4n) is 3.59. The van der Waals surface area contributed by atoms with E-state index in [4.69, 9.17) is 0 Å². The van der Waals surface area contributed by atoms with Crippen LogP contribution >= 0.6 is 0 Å². The molecule has 0 spiro atoms. The first-order valence-electron chi connectivity index (χ1n) is 11.0. The number of rotatable bonds is 8. The van der Waals surface area contributed by atoms with E-state index in [1.54, 1.807) is 12.2 Å². The van der Waals surface area contributed by atoms with Gasteiger partial charge in [-0.05, 0) is 91.0 Å². The molecular formula is C30H31N. The van der Waals surface area contributed by atoms with Crippen molar-refractivity contribution in [2.75, 3.05) is 4.90 Å². The molecule has 2 aliphatic carbocycles. The third-order valence-corrected chi connectivity index (χ3v) is 5.28. The van der Waals surface area contributed by atoms with Crippen LogP contribution in [0.25, 0.3) is 0 Å². The second kappa shape index (κ2) is 11.6. The largest absolute Gasteiger partial charge is 0.311 e. The molecular weight excluding hydrogens is 374 g/mol. The van der Waals surface area contributed by atoms with Crippen molar-refractivity contribution in [1.29, 1.82) is 0 Å². The van der Waals surface area contributed by atoms with Gasteiger partial charge in [-0.15, -0.1) is 11.5 Å². The van der Waals surface area contributed by atoms with Crippen LogP contribution in [0.2, 0.25) is 0 Å². The first-order chi connectivity index (χ1) is 15.2. The molecule has 1 nitrogen and oxygen atoms in total. The Morgan fingerprint density at radius 3 is 1.81 bits per heavy atom. The highest BCUT2D eigenvalue weighted by Gasteiger charge is 2.17. The summed E-state index contributed by atoms with van der Waals surface area (Å²) in [6.45, 7) is 9.70. The summed E-state index contributed by atoms with van der Waals surface area (Å²) in [4.78, 5) is 2.33. The SMILES string of the molecule is C=CC=C=C1C=CC(N(C2=CCC(=C=CC=C)C=C2)c2ccc(CCCC)cc2)=CC1. The molecule has 0 saturated heterocycles. The first kappa shape index (κ1) is 22.2. The molecule has 0 aromatic heterocycles. The Hall–Kier alpha value is -3.50. The molecule has 0 fully saturated rings. The summed E-state index contributed by atoms with van der Waals surface area (Å²) in [5.74, 6) is 0. The standard InChI is InChI=1S/C30H31N/c1-4-7-10-25-13-19-28(20-14-25)31(29-21-15-26(16-22-29)11-8-5-2)30-23-17-27(18-24-30)12-9-6-3/h4-5,7-8,13,15,17-24H,1-2,6,9,12,14,16H2,3H3. The minimum Gasteiger partial charge on any atom is -0.311 e. The lowest BCUT2D eigenvalue weighted by molar-refractivity contribution is 0.795. The van der Waals surface area contributed by atoms with Gasteiger partial charge >= 0.3 is 0 Å². The van der Waals surface area contributed by atoms with E-state index in [9.17, 15) is 0 Å². The summed E-state index contributed by atoms with van der Waals surface area (Å²) in [7, 11) is 0. The normalized spacial score (nSPS) is 14.7. The summed E-state index contributed by atoms with van der Waals surface area (Å²) in [6, 6.07) is 8.99. The topological polar surface area (TPSA) is 3.24 Å². The average molecular weight is 406 g/mol. The molecule has 156 valence electrons. The highest BCUT2D eigenvalue weighted by atomic mass is 15.2. The van der Waals surface area contributed by atoms with E-state index in [0.717, 1.165) is 30.4 Å². The molecule has 0 atom stereocenters. The molecule has 3 rings (SSSR count). The molecule has 2 aliphatic rings. The van der Waals surface area contributed by atoms with Gasteiger partial charge in [0, 0.05) is 17.1 Å². The minimum atomic E-state index is 0.853. The van der Waals surface area contributed by atoms with Crippen LogP contribution in [-0.4, -0.2) is 0 Å². The second-order valence-electron chi connectivity index (χ2n) is 7.58. The van der Waals surface area contributed by atoms with Gasteiger partial charge in [0.15, 0.2) is 0 Å². The molecule has 31 heavy (non-hydrogen) atoms. The van der Waals surface area contributed by atoms with Crippen LogP contribution in [0.5, 0.6) is 0 Å². The third kappa shape index (κ3) is 6.24. The molecule has 1 aromatic carbocycles. The Labute approximate surface area is 187 Å².